The molecule has 0 fully saturated rings. The summed E-state index contributed by atoms with van der Waals surface area (Å²) in [5.41, 5.74) is 11.8. The number of aromatic nitrogens is 3. The number of pyridine rings is 1. The normalized spacial score (nSPS) is 11.4. The van der Waals surface area contributed by atoms with Crippen molar-refractivity contribution in [2.75, 3.05) is 0 Å². The van der Waals surface area contributed by atoms with Crippen LogP contribution in [0.2, 0.25) is 0 Å². The van der Waals surface area contributed by atoms with Crippen LogP contribution in [0.5, 0.6) is 0 Å². The van der Waals surface area contributed by atoms with Crippen molar-refractivity contribution in [3.8, 4) is 44.8 Å². The van der Waals surface area contributed by atoms with Crippen LogP contribution in [0, 0.1) is 0 Å². The first-order chi connectivity index (χ1) is 21.8. The third kappa shape index (κ3) is 4.33. The average Bonchev–Trinajstić information content (AvgIpc) is 3.10. The number of benzene rings is 6. The van der Waals surface area contributed by atoms with Crippen molar-refractivity contribution in [1.82, 2.24) is 15.0 Å². The largest absolute Gasteiger partial charge is 0.264 e. The number of aryl methyl sites for hydroxylation is 1. The number of hydrogen-bond acceptors (Lipinski definition) is 3. The van der Waals surface area contributed by atoms with E-state index < -0.39 is 0 Å². The Kier molecular flexibility index (Phi) is 6.42. The van der Waals surface area contributed by atoms with Gasteiger partial charge >= 0.3 is 0 Å². The zero-order valence-corrected chi connectivity index (χ0v) is 24.4. The van der Waals surface area contributed by atoms with Crippen LogP contribution < -0.4 is 0 Å². The minimum absolute atomic E-state index is 0.894. The molecular formula is C41H29N3. The Morgan fingerprint density at radius 1 is 0.455 bits per heavy atom. The van der Waals surface area contributed by atoms with E-state index in [0.717, 1.165) is 45.5 Å². The first kappa shape index (κ1) is 26.0. The summed E-state index contributed by atoms with van der Waals surface area (Å²) in [6.45, 7) is 2.17. The van der Waals surface area contributed by atoms with Crippen molar-refractivity contribution >= 4 is 32.6 Å². The average molecular weight is 564 g/mol. The molecule has 8 aromatic rings. The molecule has 8 rings (SSSR count). The van der Waals surface area contributed by atoms with E-state index in [0.29, 0.717) is 0 Å². The standard InChI is InChI=1S/C41H29N3/c1-2-27-14-10-20-36-39(27)44-41(29-12-4-3-5-13-29)40(43-36)30-23-21-28(22-24-30)37-32-16-6-8-18-34(32)38(31-15-11-25-42-26-31)35-19-9-7-17-33(35)37/h3-26H,2H2,1H3. The highest BCUT2D eigenvalue weighted by Gasteiger charge is 2.18. The minimum atomic E-state index is 0.894. The molecular weight excluding hydrogens is 534 g/mol. The van der Waals surface area contributed by atoms with E-state index in [1.165, 1.54) is 43.8 Å². The van der Waals surface area contributed by atoms with E-state index in [1.54, 1.807) is 0 Å². The Hall–Kier alpha value is -5.67. The second-order valence-corrected chi connectivity index (χ2v) is 11.1. The van der Waals surface area contributed by atoms with E-state index >= 15 is 0 Å². The van der Waals surface area contributed by atoms with Gasteiger partial charge in [0.2, 0.25) is 0 Å². The van der Waals surface area contributed by atoms with Gasteiger partial charge in [0.05, 0.1) is 22.4 Å². The molecule has 0 unspecified atom stereocenters. The van der Waals surface area contributed by atoms with E-state index in [9.17, 15) is 0 Å². The van der Waals surface area contributed by atoms with E-state index in [2.05, 4.69) is 133 Å². The molecule has 2 heterocycles. The highest BCUT2D eigenvalue weighted by molar-refractivity contribution is 6.21. The second-order valence-electron chi connectivity index (χ2n) is 11.1. The van der Waals surface area contributed by atoms with Gasteiger partial charge in [0.1, 0.15) is 0 Å². The highest BCUT2D eigenvalue weighted by Crippen LogP contribution is 2.44. The quantitative estimate of drug-likeness (QED) is 0.196. The highest BCUT2D eigenvalue weighted by atomic mass is 14.8. The fraction of sp³-hybridized carbons (Fsp3) is 0.0488. The fourth-order valence-corrected chi connectivity index (χ4v) is 6.47. The SMILES string of the molecule is CCc1cccc2nc(-c3ccc(-c4c5ccccc5c(-c5cccnc5)c5ccccc45)cc3)c(-c3ccccc3)nc12. The van der Waals surface area contributed by atoms with Gasteiger partial charge in [-0.25, -0.2) is 9.97 Å². The molecule has 0 amide bonds. The summed E-state index contributed by atoms with van der Waals surface area (Å²) in [5.74, 6) is 0. The molecule has 0 saturated heterocycles. The maximum Gasteiger partial charge on any atom is 0.0973 e. The summed E-state index contributed by atoms with van der Waals surface area (Å²) in [6.07, 6.45) is 4.70. The summed E-state index contributed by atoms with van der Waals surface area (Å²) in [6, 6.07) is 47.1. The van der Waals surface area contributed by atoms with Crippen LogP contribution in [-0.2, 0) is 6.42 Å². The molecule has 44 heavy (non-hydrogen) atoms. The van der Waals surface area contributed by atoms with Crippen molar-refractivity contribution in [3.63, 3.8) is 0 Å². The molecule has 0 atom stereocenters. The van der Waals surface area contributed by atoms with Gasteiger partial charge in [-0.1, -0.05) is 128 Å². The topological polar surface area (TPSA) is 38.7 Å². The van der Waals surface area contributed by atoms with Crippen molar-refractivity contribution < 1.29 is 0 Å². The van der Waals surface area contributed by atoms with Crippen molar-refractivity contribution in [2.45, 2.75) is 13.3 Å². The fourth-order valence-electron chi connectivity index (χ4n) is 6.47. The third-order valence-corrected chi connectivity index (χ3v) is 8.54. The lowest BCUT2D eigenvalue weighted by atomic mass is 9.86. The number of nitrogens with zero attached hydrogens (tertiary/aromatic N) is 3. The van der Waals surface area contributed by atoms with Crippen LogP contribution >= 0.6 is 0 Å². The third-order valence-electron chi connectivity index (χ3n) is 8.54. The number of para-hydroxylation sites is 1. The zero-order valence-electron chi connectivity index (χ0n) is 24.4. The summed E-state index contributed by atoms with van der Waals surface area (Å²) in [5, 5.41) is 4.88. The van der Waals surface area contributed by atoms with Gasteiger partial charge in [0.25, 0.3) is 0 Å². The maximum atomic E-state index is 5.23. The molecule has 0 bridgehead atoms. The van der Waals surface area contributed by atoms with Gasteiger partial charge in [-0.3, -0.25) is 4.98 Å². The van der Waals surface area contributed by atoms with E-state index in [1.807, 2.05) is 24.5 Å². The Labute approximate surface area is 256 Å². The number of hydrogen-bond donors (Lipinski definition) is 0. The molecule has 0 N–H and O–H groups in total. The Bertz CT molecular complexity index is 2230. The first-order valence-corrected chi connectivity index (χ1v) is 15.1. The molecule has 0 aliphatic carbocycles. The molecule has 0 radical (unpaired) electrons. The Morgan fingerprint density at radius 2 is 1.00 bits per heavy atom. The van der Waals surface area contributed by atoms with Gasteiger partial charge in [-0.15, -0.1) is 0 Å². The monoisotopic (exact) mass is 563 g/mol. The lowest BCUT2D eigenvalue weighted by molar-refractivity contribution is 1.14. The zero-order chi connectivity index (χ0) is 29.5. The smallest absolute Gasteiger partial charge is 0.0973 e. The minimum Gasteiger partial charge on any atom is -0.264 e. The molecule has 3 heteroatoms. The summed E-state index contributed by atoms with van der Waals surface area (Å²) < 4.78 is 0. The summed E-state index contributed by atoms with van der Waals surface area (Å²) >= 11 is 0. The van der Waals surface area contributed by atoms with Gasteiger partial charge in [-0.05, 0) is 62.4 Å². The summed E-state index contributed by atoms with van der Waals surface area (Å²) in [7, 11) is 0. The van der Waals surface area contributed by atoms with Gasteiger partial charge in [0, 0.05) is 29.1 Å². The van der Waals surface area contributed by atoms with Gasteiger partial charge in [0.15, 0.2) is 0 Å². The van der Waals surface area contributed by atoms with Crippen LogP contribution in [0.15, 0.2) is 146 Å². The lowest BCUT2D eigenvalue weighted by Gasteiger charge is -2.18. The number of rotatable bonds is 5. The molecule has 0 aliphatic heterocycles. The van der Waals surface area contributed by atoms with Gasteiger partial charge in [-0.2, -0.15) is 0 Å². The van der Waals surface area contributed by atoms with Crippen LogP contribution in [0.25, 0.3) is 77.3 Å². The van der Waals surface area contributed by atoms with Crippen LogP contribution in [0.1, 0.15) is 12.5 Å². The second kappa shape index (κ2) is 10.9. The molecule has 0 saturated carbocycles. The van der Waals surface area contributed by atoms with E-state index in [-0.39, 0.29) is 0 Å². The van der Waals surface area contributed by atoms with Crippen LogP contribution in [-0.4, -0.2) is 15.0 Å². The molecule has 208 valence electrons. The molecule has 0 aliphatic rings. The van der Waals surface area contributed by atoms with Crippen molar-refractivity contribution in [2.24, 2.45) is 0 Å². The first-order valence-electron chi connectivity index (χ1n) is 15.1. The molecule has 2 aromatic heterocycles. The van der Waals surface area contributed by atoms with Crippen molar-refractivity contribution in [1.29, 1.82) is 0 Å². The van der Waals surface area contributed by atoms with Crippen LogP contribution in [0.3, 0.4) is 0 Å². The number of fused-ring (bicyclic) bond motifs is 3. The van der Waals surface area contributed by atoms with Gasteiger partial charge < -0.3 is 0 Å². The van der Waals surface area contributed by atoms with Crippen molar-refractivity contribution in [3.05, 3.63) is 151 Å². The van der Waals surface area contributed by atoms with Crippen LogP contribution in [0.4, 0.5) is 0 Å². The van der Waals surface area contributed by atoms with E-state index in [4.69, 9.17) is 9.97 Å². The molecule has 3 nitrogen and oxygen atoms in total. The molecule has 0 spiro atoms. The molecule has 6 aromatic carbocycles. The predicted octanol–water partition coefficient (Wildman–Crippen LogP) is 10.6. The predicted molar refractivity (Wildman–Crippen MR) is 183 cm³/mol. The Balaban J connectivity index is 1.34. The Morgan fingerprint density at radius 3 is 1.61 bits per heavy atom. The summed E-state index contributed by atoms with van der Waals surface area (Å²) in [4.78, 5) is 14.9. The lowest BCUT2D eigenvalue weighted by Crippen LogP contribution is -1.98. The maximum absolute atomic E-state index is 5.23.